The van der Waals surface area contributed by atoms with Crippen LogP contribution in [0, 0.1) is 0 Å². The Kier molecular flexibility index (Phi) is 4.15. The third-order valence-corrected chi connectivity index (χ3v) is 10.2. The van der Waals surface area contributed by atoms with Crippen LogP contribution in [0.3, 0.4) is 0 Å². The van der Waals surface area contributed by atoms with Gasteiger partial charge in [-0.05, 0) is 24.8 Å². The summed E-state index contributed by atoms with van der Waals surface area (Å²) in [5.74, 6) is 0.277. The molecule has 0 bridgehead atoms. The molecule has 1 saturated carbocycles. The molecule has 3 heteroatoms. The van der Waals surface area contributed by atoms with Gasteiger partial charge in [-0.3, -0.25) is 4.79 Å². The summed E-state index contributed by atoms with van der Waals surface area (Å²) >= 11 is 0. The van der Waals surface area contributed by atoms with E-state index in [1.165, 1.54) is 10.8 Å². The highest BCUT2D eigenvalue weighted by Gasteiger charge is 2.70. The van der Waals surface area contributed by atoms with Gasteiger partial charge in [-0.1, -0.05) is 78.9 Å². The second-order valence-corrected chi connectivity index (χ2v) is 11.6. The van der Waals surface area contributed by atoms with Crippen LogP contribution in [0.2, 0.25) is 18.1 Å². The van der Waals surface area contributed by atoms with Crippen molar-refractivity contribution in [2.75, 3.05) is 6.61 Å². The van der Waals surface area contributed by atoms with Crippen molar-refractivity contribution in [3.05, 3.63) is 66.2 Å². The fraction of sp³-hybridized carbons (Fsp3) is 0.350. The number of esters is 1. The van der Waals surface area contributed by atoms with E-state index in [2.05, 4.69) is 61.6 Å². The molecule has 0 radical (unpaired) electrons. The fourth-order valence-corrected chi connectivity index (χ4v) is 7.77. The molecule has 0 saturated heterocycles. The minimum atomic E-state index is -2.02. The van der Waals surface area contributed by atoms with Gasteiger partial charge in [0, 0.05) is 0 Å². The first-order valence-corrected chi connectivity index (χ1v) is 11.3. The number of benzene rings is 2. The summed E-state index contributed by atoms with van der Waals surface area (Å²) in [6.07, 6.45) is 0.907. The van der Waals surface area contributed by atoms with E-state index in [0.717, 1.165) is 6.42 Å². The monoisotopic (exact) mass is 324 g/mol. The number of carbonyl (C=O) groups excluding carboxylic acids is 1. The summed E-state index contributed by atoms with van der Waals surface area (Å²) in [4.78, 5) is 12.9. The van der Waals surface area contributed by atoms with Gasteiger partial charge in [-0.15, -0.1) is 0 Å². The van der Waals surface area contributed by atoms with Gasteiger partial charge in [-0.25, -0.2) is 0 Å². The highest BCUT2D eigenvalue weighted by atomic mass is 28.3. The Balaban J connectivity index is 2.03. The minimum Gasteiger partial charge on any atom is -0.466 e. The Labute approximate surface area is 139 Å². The first-order chi connectivity index (χ1) is 11.0. The quantitative estimate of drug-likeness (QED) is 0.611. The van der Waals surface area contributed by atoms with E-state index in [1.54, 1.807) is 0 Å². The Morgan fingerprint density at radius 1 is 1.09 bits per heavy atom. The second-order valence-electron chi connectivity index (χ2n) is 6.85. The van der Waals surface area contributed by atoms with Crippen LogP contribution in [0.25, 0.3) is 0 Å². The molecule has 2 nitrogen and oxygen atoms in total. The average molecular weight is 324 g/mol. The summed E-state index contributed by atoms with van der Waals surface area (Å²) in [6.45, 7) is 6.95. The average Bonchev–Trinajstić information content (AvgIpc) is 3.34. The van der Waals surface area contributed by atoms with Gasteiger partial charge in [0.25, 0.3) is 0 Å². The predicted octanol–water partition coefficient (Wildman–Crippen LogP) is 4.09. The zero-order valence-electron chi connectivity index (χ0n) is 14.1. The van der Waals surface area contributed by atoms with E-state index in [9.17, 15) is 4.79 Å². The number of rotatable bonds is 5. The van der Waals surface area contributed by atoms with Crippen LogP contribution in [0.5, 0.6) is 0 Å². The van der Waals surface area contributed by atoms with Gasteiger partial charge in [0.15, 0.2) is 0 Å². The van der Waals surface area contributed by atoms with Crippen molar-refractivity contribution >= 4 is 19.2 Å². The highest BCUT2D eigenvalue weighted by Crippen LogP contribution is 2.71. The largest absolute Gasteiger partial charge is 0.466 e. The van der Waals surface area contributed by atoms with Crippen molar-refractivity contribution in [2.24, 2.45) is 0 Å². The third kappa shape index (κ3) is 2.53. The highest BCUT2D eigenvalue weighted by molar-refractivity contribution is 6.95. The number of ether oxygens (including phenoxy) is 1. The Bertz CT molecular complexity index is 681. The SMILES string of the molecule is CCOC(=O)[C@]1([Si](C)(C)c2ccccc2)C[C@@H]1c1ccccc1. The molecule has 0 N–H and O–H groups in total. The number of hydrogen-bond acceptors (Lipinski definition) is 2. The number of carbonyl (C=O) groups is 1. The van der Waals surface area contributed by atoms with Gasteiger partial charge >= 0.3 is 5.97 Å². The van der Waals surface area contributed by atoms with Gasteiger partial charge in [0.2, 0.25) is 0 Å². The fourth-order valence-electron chi connectivity index (χ4n) is 3.89. The first kappa shape index (κ1) is 16.0. The molecule has 0 aliphatic heterocycles. The molecule has 0 aromatic heterocycles. The van der Waals surface area contributed by atoms with Crippen molar-refractivity contribution in [1.29, 1.82) is 0 Å². The molecule has 0 amide bonds. The summed E-state index contributed by atoms with van der Waals surface area (Å²) in [7, 11) is -2.02. The van der Waals surface area contributed by atoms with Crippen molar-refractivity contribution in [2.45, 2.75) is 37.4 Å². The second kappa shape index (κ2) is 5.97. The summed E-state index contributed by atoms with van der Waals surface area (Å²) < 4.78 is 5.52. The first-order valence-electron chi connectivity index (χ1n) is 8.31. The van der Waals surface area contributed by atoms with Gasteiger partial charge < -0.3 is 4.74 Å². The topological polar surface area (TPSA) is 26.3 Å². The van der Waals surface area contributed by atoms with E-state index in [1.807, 2.05) is 19.1 Å². The molecule has 2 aromatic rings. The molecule has 0 unspecified atom stereocenters. The van der Waals surface area contributed by atoms with Crippen molar-refractivity contribution in [3.63, 3.8) is 0 Å². The molecule has 0 spiro atoms. The molecule has 23 heavy (non-hydrogen) atoms. The van der Waals surface area contributed by atoms with Crippen LogP contribution in [-0.4, -0.2) is 20.7 Å². The molecule has 0 heterocycles. The van der Waals surface area contributed by atoms with E-state index < -0.39 is 8.07 Å². The van der Waals surface area contributed by atoms with Crippen molar-refractivity contribution in [1.82, 2.24) is 0 Å². The third-order valence-electron chi connectivity index (χ3n) is 5.41. The lowest BCUT2D eigenvalue weighted by atomic mass is 10.1. The zero-order valence-corrected chi connectivity index (χ0v) is 15.1. The van der Waals surface area contributed by atoms with Crippen molar-refractivity contribution in [3.8, 4) is 0 Å². The lowest BCUT2D eigenvalue weighted by Gasteiger charge is -2.33. The predicted molar refractivity (Wildman–Crippen MR) is 96.7 cm³/mol. The maximum absolute atomic E-state index is 12.9. The molecule has 1 fully saturated rings. The van der Waals surface area contributed by atoms with Crippen LogP contribution >= 0.6 is 0 Å². The van der Waals surface area contributed by atoms with Crippen LogP contribution in [0.1, 0.15) is 24.8 Å². The normalized spacial score (nSPS) is 23.3. The van der Waals surface area contributed by atoms with Gasteiger partial charge in [0.05, 0.1) is 11.6 Å². The lowest BCUT2D eigenvalue weighted by molar-refractivity contribution is -0.144. The molecule has 120 valence electrons. The minimum absolute atomic E-state index is 0.00521. The van der Waals surface area contributed by atoms with Gasteiger partial charge in [0.1, 0.15) is 8.07 Å². The summed E-state index contributed by atoms with van der Waals surface area (Å²) in [5.41, 5.74) is 1.26. The van der Waals surface area contributed by atoms with Crippen molar-refractivity contribution < 1.29 is 9.53 Å². The zero-order chi connectivity index (χ0) is 16.5. The Hall–Kier alpha value is -1.87. The van der Waals surface area contributed by atoms with E-state index in [4.69, 9.17) is 4.74 Å². The van der Waals surface area contributed by atoms with E-state index in [0.29, 0.717) is 6.61 Å². The number of hydrogen-bond donors (Lipinski definition) is 0. The maximum Gasteiger partial charge on any atom is 0.310 e. The lowest BCUT2D eigenvalue weighted by Crippen LogP contribution is -2.51. The molecule has 1 aliphatic carbocycles. The Morgan fingerprint density at radius 2 is 1.65 bits per heavy atom. The van der Waals surface area contributed by atoms with Crippen LogP contribution in [-0.2, 0) is 9.53 Å². The van der Waals surface area contributed by atoms with Crippen LogP contribution in [0.4, 0.5) is 0 Å². The molecule has 1 aliphatic rings. The summed E-state index contributed by atoms with van der Waals surface area (Å²) in [6, 6.07) is 20.9. The maximum atomic E-state index is 12.9. The van der Waals surface area contributed by atoms with Crippen LogP contribution < -0.4 is 5.19 Å². The molecular formula is C20H24O2Si. The van der Waals surface area contributed by atoms with E-state index in [-0.39, 0.29) is 16.9 Å². The van der Waals surface area contributed by atoms with Crippen LogP contribution in [0.15, 0.2) is 60.7 Å². The van der Waals surface area contributed by atoms with E-state index >= 15 is 0 Å². The Morgan fingerprint density at radius 3 is 2.22 bits per heavy atom. The molecular weight excluding hydrogens is 300 g/mol. The molecule has 2 atom stereocenters. The molecule has 2 aromatic carbocycles. The smallest absolute Gasteiger partial charge is 0.310 e. The molecule has 3 rings (SSSR count). The summed E-state index contributed by atoms with van der Waals surface area (Å²) in [5, 5.41) is 0.984. The van der Waals surface area contributed by atoms with Gasteiger partial charge in [-0.2, -0.15) is 0 Å². The standard InChI is InChI=1S/C20H24O2Si/c1-4-22-19(21)20(15-18(20)16-11-7-5-8-12-16)23(2,3)17-13-9-6-10-14-17/h5-14,18H,4,15H2,1-3H3/t18-,20+/m1/s1.